The molecule has 0 radical (unpaired) electrons. The second kappa shape index (κ2) is 10.4. The van der Waals surface area contributed by atoms with Gasteiger partial charge in [0.1, 0.15) is 29.8 Å². The lowest BCUT2D eigenvalue weighted by Crippen LogP contribution is -2.35. The molecule has 9 heteroatoms. The van der Waals surface area contributed by atoms with Gasteiger partial charge in [-0.15, -0.1) is 0 Å². The number of hydrogen-bond acceptors (Lipinski definition) is 6. The Morgan fingerprint density at radius 1 is 0.895 bits per heavy atom. The molecular formula is C29H23N5O3S. The molecular weight excluding hydrogens is 498 g/mol. The van der Waals surface area contributed by atoms with Crippen molar-refractivity contribution in [3.05, 3.63) is 102 Å². The highest BCUT2D eigenvalue weighted by molar-refractivity contribution is 8.27. The van der Waals surface area contributed by atoms with Crippen LogP contribution < -0.4 is 9.47 Å². The minimum Gasteiger partial charge on any atom is -0.492 e. The van der Waals surface area contributed by atoms with Crippen molar-refractivity contribution >= 4 is 50.7 Å². The van der Waals surface area contributed by atoms with Gasteiger partial charge in [-0.05, 0) is 48.2 Å². The number of para-hydroxylation sites is 3. The third-order valence-electron chi connectivity index (χ3n) is 6.07. The van der Waals surface area contributed by atoms with Crippen LogP contribution >= 0.6 is 11.8 Å². The van der Waals surface area contributed by atoms with E-state index in [2.05, 4.69) is 14.7 Å². The highest BCUT2D eigenvalue weighted by Gasteiger charge is 2.36. The van der Waals surface area contributed by atoms with E-state index in [9.17, 15) is 4.79 Å². The Hall–Kier alpha value is -4.63. The van der Waals surface area contributed by atoms with E-state index in [0.717, 1.165) is 28.0 Å². The number of carbonyl (C=O) groups is 1. The summed E-state index contributed by atoms with van der Waals surface area (Å²) in [7, 11) is 0. The molecule has 0 atom stereocenters. The van der Waals surface area contributed by atoms with Gasteiger partial charge in [-0.2, -0.15) is 15.1 Å². The largest absolute Gasteiger partial charge is 0.492 e. The quantitative estimate of drug-likeness (QED) is 0.313. The zero-order chi connectivity index (χ0) is 25.9. The lowest BCUT2D eigenvalue weighted by atomic mass is 10.1. The first-order valence-electron chi connectivity index (χ1n) is 12.1. The van der Waals surface area contributed by atoms with Crippen LogP contribution in [0.25, 0.3) is 17.0 Å². The third kappa shape index (κ3) is 4.83. The van der Waals surface area contributed by atoms with Gasteiger partial charge in [-0.1, -0.05) is 54.6 Å². The topological polar surface area (TPSA) is 92.3 Å². The molecule has 6 rings (SSSR count). The van der Waals surface area contributed by atoms with Crippen molar-refractivity contribution in [1.29, 1.82) is 5.41 Å². The van der Waals surface area contributed by atoms with Crippen LogP contribution in [-0.2, 0) is 11.3 Å². The lowest BCUT2D eigenvalue weighted by molar-refractivity contribution is -0.114. The average molecular weight is 522 g/mol. The van der Waals surface area contributed by atoms with Crippen molar-refractivity contribution in [3.63, 3.8) is 0 Å². The molecule has 3 heterocycles. The molecule has 2 aliphatic rings. The van der Waals surface area contributed by atoms with Gasteiger partial charge in [0.25, 0.3) is 5.91 Å². The SMILES string of the molecule is N=C1/C(=C/c2cn(CCOc3ccccc3)c3ccccc23)C(=O)N=C2SC(COc3ccccc3)=NN12. The maximum Gasteiger partial charge on any atom is 0.283 e. The molecule has 4 aromatic rings. The fourth-order valence-corrected chi connectivity index (χ4v) is 5.06. The minimum absolute atomic E-state index is 0.00791. The van der Waals surface area contributed by atoms with Gasteiger partial charge in [0.15, 0.2) is 5.84 Å². The molecule has 0 fully saturated rings. The first-order chi connectivity index (χ1) is 18.7. The monoisotopic (exact) mass is 521 g/mol. The number of amides is 1. The predicted octanol–water partition coefficient (Wildman–Crippen LogP) is 5.42. The molecule has 0 aliphatic carbocycles. The van der Waals surface area contributed by atoms with Crippen molar-refractivity contribution in [2.24, 2.45) is 10.1 Å². The van der Waals surface area contributed by atoms with Crippen molar-refractivity contribution in [2.45, 2.75) is 6.54 Å². The maximum atomic E-state index is 13.0. The zero-order valence-electron chi connectivity index (χ0n) is 20.3. The van der Waals surface area contributed by atoms with E-state index < -0.39 is 5.91 Å². The number of hydrazone groups is 1. The van der Waals surface area contributed by atoms with Gasteiger partial charge in [-0.3, -0.25) is 10.2 Å². The summed E-state index contributed by atoms with van der Waals surface area (Å²) in [4.78, 5) is 17.2. The van der Waals surface area contributed by atoms with Crippen LogP contribution in [0, 0.1) is 5.41 Å². The molecule has 1 N–H and O–H groups in total. The number of thioether (sulfide) groups is 1. The van der Waals surface area contributed by atoms with Crippen LogP contribution in [0.3, 0.4) is 0 Å². The van der Waals surface area contributed by atoms with Crippen molar-refractivity contribution in [2.75, 3.05) is 13.2 Å². The molecule has 0 bridgehead atoms. The Morgan fingerprint density at radius 3 is 2.34 bits per heavy atom. The fourth-order valence-electron chi connectivity index (χ4n) is 4.26. The van der Waals surface area contributed by atoms with Crippen LogP contribution in [-0.4, -0.2) is 44.7 Å². The number of nitrogens with zero attached hydrogens (tertiary/aromatic N) is 4. The summed E-state index contributed by atoms with van der Waals surface area (Å²) < 4.78 is 13.8. The van der Waals surface area contributed by atoms with E-state index in [1.54, 1.807) is 6.08 Å². The molecule has 3 aromatic carbocycles. The molecule has 8 nitrogen and oxygen atoms in total. The maximum absolute atomic E-state index is 13.0. The molecule has 188 valence electrons. The number of fused-ring (bicyclic) bond motifs is 2. The van der Waals surface area contributed by atoms with Gasteiger partial charge >= 0.3 is 0 Å². The Balaban J connectivity index is 1.22. The average Bonchev–Trinajstić information content (AvgIpc) is 3.52. The highest BCUT2D eigenvalue weighted by Crippen LogP contribution is 2.30. The molecule has 0 saturated carbocycles. The minimum atomic E-state index is -0.460. The van der Waals surface area contributed by atoms with Crippen LogP contribution in [0.1, 0.15) is 5.56 Å². The Labute approximate surface area is 223 Å². The molecule has 2 aliphatic heterocycles. The Morgan fingerprint density at radius 2 is 1.58 bits per heavy atom. The van der Waals surface area contributed by atoms with Crippen molar-refractivity contribution in [3.8, 4) is 11.5 Å². The van der Waals surface area contributed by atoms with Crippen molar-refractivity contribution in [1.82, 2.24) is 9.58 Å². The summed E-state index contributed by atoms with van der Waals surface area (Å²) in [5.41, 5.74) is 2.03. The van der Waals surface area contributed by atoms with E-state index in [0.29, 0.717) is 23.4 Å². The zero-order valence-corrected chi connectivity index (χ0v) is 21.1. The Bertz CT molecular complexity index is 1610. The van der Waals surface area contributed by atoms with E-state index in [1.165, 1.54) is 16.8 Å². The normalized spacial score (nSPS) is 16.0. The number of rotatable bonds is 8. The number of carbonyl (C=O) groups excluding carboxylic acids is 1. The highest BCUT2D eigenvalue weighted by atomic mass is 32.2. The van der Waals surface area contributed by atoms with Gasteiger partial charge in [-0.25, -0.2) is 0 Å². The second-order valence-electron chi connectivity index (χ2n) is 8.57. The number of aromatic nitrogens is 1. The number of nitrogens with one attached hydrogen (secondary N) is 1. The summed E-state index contributed by atoms with van der Waals surface area (Å²) >= 11 is 1.24. The van der Waals surface area contributed by atoms with Crippen LogP contribution in [0.15, 0.2) is 107 Å². The molecule has 0 spiro atoms. The van der Waals surface area contributed by atoms with E-state index in [4.69, 9.17) is 14.9 Å². The van der Waals surface area contributed by atoms with E-state index >= 15 is 0 Å². The third-order valence-corrected chi connectivity index (χ3v) is 6.95. The summed E-state index contributed by atoms with van der Waals surface area (Å²) in [6.07, 6.45) is 3.70. The number of benzene rings is 3. The van der Waals surface area contributed by atoms with E-state index in [-0.39, 0.29) is 18.0 Å². The second-order valence-corrected chi connectivity index (χ2v) is 9.61. The van der Waals surface area contributed by atoms with Gasteiger partial charge in [0, 0.05) is 22.7 Å². The van der Waals surface area contributed by atoms with Crippen molar-refractivity contribution < 1.29 is 14.3 Å². The standard InChI is InChI=1S/C29H23N5O3S/c30-27-24(28(35)31-29-34(27)32-26(38-29)19-37-22-11-5-2-6-12-22)17-20-18-33(25-14-8-7-13-23(20)25)15-16-36-21-9-3-1-4-10-21/h1-14,17-18,30H,15-16,19H2/b24-17-,30-27?. The fraction of sp³-hybridized carbons (Fsp3) is 0.103. The van der Waals surface area contributed by atoms with Crippen LogP contribution in [0.4, 0.5) is 0 Å². The summed E-state index contributed by atoms with van der Waals surface area (Å²) in [5, 5.41) is 16.6. The lowest BCUT2D eigenvalue weighted by Gasteiger charge is -2.20. The molecule has 38 heavy (non-hydrogen) atoms. The van der Waals surface area contributed by atoms with Gasteiger partial charge < -0.3 is 14.0 Å². The van der Waals surface area contributed by atoms with Crippen LogP contribution in [0.5, 0.6) is 11.5 Å². The summed E-state index contributed by atoms with van der Waals surface area (Å²) in [6, 6.07) is 27.1. The number of amidine groups is 2. The predicted molar refractivity (Wildman–Crippen MR) is 151 cm³/mol. The molecule has 1 amide bonds. The number of ether oxygens (including phenoxy) is 2. The molecule has 0 unspecified atom stereocenters. The smallest absolute Gasteiger partial charge is 0.283 e. The van der Waals surface area contributed by atoms with E-state index in [1.807, 2.05) is 91.1 Å². The van der Waals surface area contributed by atoms with Crippen LogP contribution in [0.2, 0.25) is 0 Å². The molecule has 1 aromatic heterocycles. The summed E-state index contributed by atoms with van der Waals surface area (Å²) in [6.45, 7) is 1.35. The number of hydrogen-bond donors (Lipinski definition) is 1. The first kappa shape index (κ1) is 23.7. The first-order valence-corrected chi connectivity index (χ1v) is 12.9. The van der Waals surface area contributed by atoms with Gasteiger partial charge in [0.2, 0.25) is 5.17 Å². The Kier molecular flexibility index (Phi) is 6.49. The van der Waals surface area contributed by atoms with Gasteiger partial charge in [0.05, 0.1) is 12.1 Å². The molecule has 0 saturated heterocycles. The number of aliphatic imine (C=N–C) groups is 1. The summed E-state index contributed by atoms with van der Waals surface area (Å²) in [5.74, 6) is 1.07.